The van der Waals surface area contributed by atoms with Gasteiger partial charge in [0, 0.05) is 23.9 Å². The molecule has 4 nitrogen and oxygen atoms in total. The van der Waals surface area contributed by atoms with Gasteiger partial charge in [-0.05, 0) is 30.4 Å². The molecule has 5 heteroatoms. The predicted molar refractivity (Wildman–Crippen MR) is 94.0 cm³/mol. The number of aliphatic hydroxyl groups excluding tert-OH is 1. The first-order valence-electron chi connectivity index (χ1n) is 7.85. The fourth-order valence-electron chi connectivity index (χ4n) is 2.35. The molecule has 0 spiro atoms. The van der Waals surface area contributed by atoms with Gasteiger partial charge in [0.05, 0.1) is 6.54 Å². The van der Waals surface area contributed by atoms with Gasteiger partial charge in [0.2, 0.25) is 5.91 Å². The van der Waals surface area contributed by atoms with Gasteiger partial charge in [0.25, 0.3) is 0 Å². The van der Waals surface area contributed by atoms with Crippen LogP contribution in [0.4, 0.5) is 0 Å². The van der Waals surface area contributed by atoms with Crippen LogP contribution in [0.25, 0.3) is 0 Å². The van der Waals surface area contributed by atoms with Crippen molar-refractivity contribution in [2.24, 2.45) is 5.73 Å². The largest absolute Gasteiger partial charge is 0.386 e. The zero-order chi connectivity index (χ0) is 16.7. The smallest absolute Gasteiger partial charge is 0.223 e. The number of nitrogens with two attached hydrogens (primary N) is 1. The molecule has 0 aliphatic carbocycles. The highest BCUT2D eigenvalue weighted by Gasteiger charge is 2.19. The average molecular weight is 332 g/mol. The minimum absolute atomic E-state index is 0.000236. The third kappa shape index (κ3) is 5.78. The Morgan fingerprint density at radius 1 is 1.26 bits per heavy atom. The van der Waals surface area contributed by atoms with Crippen LogP contribution in [0.5, 0.6) is 0 Å². The monoisotopic (exact) mass is 332 g/mol. The third-order valence-electron chi connectivity index (χ3n) is 3.65. The van der Waals surface area contributed by atoms with Gasteiger partial charge in [-0.15, -0.1) is 11.3 Å². The normalized spacial score (nSPS) is 13.5. The van der Waals surface area contributed by atoms with E-state index in [0.29, 0.717) is 25.9 Å². The SMILES string of the molecule is CC(N)CCC(=O)N(Cc1ccccc1)CC(O)c1cccs1. The molecule has 1 heterocycles. The number of carbonyl (C=O) groups excluding carboxylic acids is 1. The summed E-state index contributed by atoms with van der Waals surface area (Å²) < 4.78 is 0. The fraction of sp³-hybridized carbons (Fsp3) is 0.389. The molecule has 124 valence electrons. The van der Waals surface area contributed by atoms with Gasteiger partial charge >= 0.3 is 0 Å². The van der Waals surface area contributed by atoms with Gasteiger partial charge in [0.1, 0.15) is 6.10 Å². The highest BCUT2D eigenvalue weighted by atomic mass is 32.1. The molecule has 1 aromatic heterocycles. The average Bonchev–Trinajstić information content (AvgIpc) is 3.07. The van der Waals surface area contributed by atoms with Gasteiger partial charge in [-0.1, -0.05) is 36.4 Å². The maximum absolute atomic E-state index is 12.5. The maximum atomic E-state index is 12.5. The number of rotatable bonds is 8. The van der Waals surface area contributed by atoms with Crippen LogP contribution in [0, 0.1) is 0 Å². The van der Waals surface area contributed by atoms with Crippen LogP contribution in [0.1, 0.15) is 36.3 Å². The number of benzene rings is 1. The number of hydrogen-bond donors (Lipinski definition) is 2. The van der Waals surface area contributed by atoms with Crippen LogP contribution >= 0.6 is 11.3 Å². The summed E-state index contributed by atoms with van der Waals surface area (Å²) in [5.41, 5.74) is 6.81. The van der Waals surface area contributed by atoms with Crippen LogP contribution in [0.2, 0.25) is 0 Å². The Labute approximate surface area is 141 Å². The van der Waals surface area contributed by atoms with Gasteiger partial charge < -0.3 is 15.7 Å². The molecule has 3 N–H and O–H groups in total. The van der Waals surface area contributed by atoms with E-state index in [1.807, 2.05) is 54.8 Å². The second kappa shape index (κ2) is 8.82. The van der Waals surface area contributed by atoms with Crippen LogP contribution in [-0.4, -0.2) is 28.5 Å². The summed E-state index contributed by atoms with van der Waals surface area (Å²) in [4.78, 5) is 15.1. The minimum atomic E-state index is -0.655. The van der Waals surface area contributed by atoms with E-state index < -0.39 is 6.10 Å². The Kier molecular flexibility index (Phi) is 6.77. The highest BCUT2D eigenvalue weighted by Crippen LogP contribution is 2.21. The molecule has 2 unspecified atom stereocenters. The van der Waals surface area contributed by atoms with Crippen molar-refractivity contribution in [3.63, 3.8) is 0 Å². The van der Waals surface area contributed by atoms with E-state index in [1.54, 1.807) is 4.90 Å². The second-order valence-electron chi connectivity index (χ2n) is 5.81. The Balaban J connectivity index is 2.05. The van der Waals surface area contributed by atoms with Gasteiger partial charge in [-0.2, -0.15) is 0 Å². The predicted octanol–water partition coefficient (Wildman–Crippen LogP) is 2.94. The number of nitrogens with zero attached hydrogens (tertiary/aromatic N) is 1. The van der Waals surface area contributed by atoms with Crippen molar-refractivity contribution in [3.8, 4) is 0 Å². The number of carbonyl (C=O) groups is 1. The quantitative estimate of drug-likeness (QED) is 0.781. The van der Waals surface area contributed by atoms with E-state index in [2.05, 4.69) is 0 Å². The van der Waals surface area contributed by atoms with E-state index >= 15 is 0 Å². The van der Waals surface area contributed by atoms with Crippen molar-refractivity contribution in [3.05, 3.63) is 58.3 Å². The first-order valence-corrected chi connectivity index (χ1v) is 8.73. The molecule has 0 bridgehead atoms. The van der Waals surface area contributed by atoms with Crippen molar-refractivity contribution in [1.82, 2.24) is 4.90 Å². The Morgan fingerprint density at radius 2 is 2.00 bits per heavy atom. The summed E-state index contributed by atoms with van der Waals surface area (Å²) in [6.45, 7) is 2.70. The van der Waals surface area contributed by atoms with E-state index in [1.165, 1.54) is 11.3 Å². The number of amides is 1. The van der Waals surface area contributed by atoms with Gasteiger partial charge in [-0.25, -0.2) is 0 Å². The van der Waals surface area contributed by atoms with Crippen molar-refractivity contribution < 1.29 is 9.90 Å². The topological polar surface area (TPSA) is 66.6 Å². The summed E-state index contributed by atoms with van der Waals surface area (Å²) in [7, 11) is 0. The molecular formula is C18H24N2O2S. The lowest BCUT2D eigenvalue weighted by Gasteiger charge is -2.25. The fourth-order valence-corrected chi connectivity index (χ4v) is 3.05. The van der Waals surface area contributed by atoms with Gasteiger partial charge in [-0.3, -0.25) is 4.79 Å². The maximum Gasteiger partial charge on any atom is 0.223 e. The first-order chi connectivity index (χ1) is 11.1. The highest BCUT2D eigenvalue weighted by molar-refractivity contribution is 7.10. The molecule has 2 aromatic rings. The van der Waals surface area contributed by atoms with Crippen molar-refractivity contribution in [1.29, 1.82) is 0 Å². The summed E-state index contributed by atoms with van der Waals surface area (Å²) >= 11 is 1.50. The van der Waals surface area contributed by atoms with Crippen LogP contribution in [0.15, 0.2) is 47.8 Å². The van der Waals surface area contributed by atoms with E-state index in [4.69, 9.17) is 5.73 Å². The molecule has 2 rings (SSSR count). The molecule has 0 saturated carbocycles. The lowest BCUT2D eigenvalue weighted by molar-refractivity contribution is -0.133. The molecule has 0 radical (unpaired) electrons. The van der Waals surface area contributed by atoms with Crippen LogP contribution in [-0.2, 0) is 11.3 Å². The molecule has 2 atom stereocenters. The Hall–Kier alpha value is -1.69. The molecule has 0 saturated heterocycles. The lowest BCUT2D eigenvalue weighted by Crippen LogP contribution is -2.35. The minimum Gasteiger partial charge on any atom is -0.386 e. The lowest BCUT2D eigenvalue weighted by atomic mass is 10.1. The summed E-state index contributed by atoms with van der Waals surface area (Å²) in [6.07, 6.45) is 0.402. The third-order valence-corrected chi connectivity index (χ3v) is 4.62. The van der Waals surface area contributed by atoms with Crippen molar-refractivity contribution in [2.45, 2.75) is 38.5 Å². The summed E-state index contributed by atoms with van der Waals surface area (Å²) in [5, 5.41) is 12.3. The molecule has 0 aliphatic rings. The van der Waals surface area contributed by atoms with E-state index in [0.717, 1.165) is 10.4 Å². The molecule has 0 aliphatic heterocycles. The van der Waals surface area contributed by atoms with E-state index in [9.17, 15) is 9.90 Å². The zero-order valence-electron chi connectivity index (χ0n) is 13.4. The molecule has 0 fully saturated rings. The number of aliphatic hydroxyl groups is 1. The molecular weight excluding hydrogens is 308 g/mol. The first kappa shape index (κ1) is 17.7. The zero-order valence-corrected chi connectivity index (χ0v) is 14.2. The molecule has 1 aromatic carbocycles. The summed E-state index contributed by atoms with van der Waals surface area (Å²) in [6, 6.07) is 13.6. The molecule has 23 heavy (non-hydrogen) atoms. The Morgan fingerprint density at radius 3 is 2.61 bits per heavy atom. The van der Waals surface area contributed by atoms with Gasteiger partial charge in [0.15, 0.2) is 0 Å². The standard InChI is InChI=1S/C18H24N2O2S/c1-14(19)9-10-18(22)20(12-15-6-3-2-4-7-15)13-16(21)17-8-5-11-23-17/h2-8,11,14,16,21H,9-10,12-13,19H2,1H3. The van der Waals surface area contributed by atoms with Crippen LogP contribution < -0.4 is 5.73 Å². The summed E-state index contributed by atoms with van der Waals surface area (Å²) in [5.74, 6) is 0.0294. The number of thiophene rings is 1. The van der Waals surface area contributed by atoms with Crippen molar-refractivity contribution in [2.75, 3.05) is 6.54 Å². The van der Waals surface area contributed by atoms with E-state index in [-0.39, 0.29) is 11.9 Å². The van der Waals surface area contributed by atoms with Crippen LogP contribution in [0.3, 0.4) is 0 Å². The number of hydrogen-bond acceptors (Lipinski definition) is 4. The Bertz CT molecular complexity index is 584. The second-order valence-corrected chi connectivity index (χ2v) is 6.79. The molecule has 1 amide bonds. The van der Waals surface area contributed by atoms with Crippen molar-refractivity contribution >= 4 is 17.2 Å².